The Morgan fingerprint density at radius 1 is 1.28 bits per heavy atom. The minimum absolute atomic E-state index is 0.0206. The van der Waals surface area contributed by atoms with E-state index in [-0.39, 0.29) is 16.9 Å². The second-order valence-electron chi connectivity index (χ2n) is 4.82. The summed E-state index contributed by atoms with van der Waals surface area (Å²) in [6.45, 7) is 2.02. The van der Waals surface area contributed by atoms with E-state index in [9.17, 15) is 8.42 Å². The quantitative estimate of drug-likeness (QED) is 0.859. The molecule has 0 unspecified atom stereocenters. The molecule has 18 heavy (non-hydrogen) atoms. The van der Waals surface area contributed by atoms with Gasteiger partial charge in [-0.05, 0) is 30.9 Å². The summed E-state index contributed by atoms with van der Waals surface area (Å²) < 4.78 is 30.4. The molecule has 0 N–H and O–H groups in total. The highest BCUT2D eigenvalue weighted by molar-refractivity contribution is 7.92. The molecule has 0 aromatic heterocycles. The van der Waals surface area contributed by atoms with Crippen LogP contribution in [0.1, 0.15) is 19.8 Å². The highest BCUT2D eigenvalue weighted by atomic mass is 35.5. The Kier molecular flexibility index (Phi) is 3.99. The van der Waals surface area contributed by atoms with E-state index in [1.807, 2.05) is 6.92 Å². The van der Waals surface area contributed by atoms with E-state index >= 15 is 0 Å². The SMILES string of the molecule is CO[C@@H]1C[C@@H](S(=O)(=O)c2ccccc2Cl)C[C@H]1C. The van der Waals surface area contributed by atoms with Crippen LogP contribution in [0.2, 0.25) is 5.02 Å². The molecule has 1 saturated carbocycles. The summed E-state index contributed by atoms with van der Waals surface area (Å²) in [7, 11) is -1.73. The van der Waals surface area contributed by atoms with Crippen LogP contribution in [0.4, 0.5) is 0 Å². The first kappa shape index (κ1) is 13.8. The molecule has 0 radical (unpaired) electrons. The lowest BCUT2D eigenvalue weighted by atomic mass is 10.1. The first-order valence-corrected chi connectivity index (χ1v) is 7.90. The Bertz CT molecular complexity index is 527. The first-order valence-electron chi connectivity index (χ1n) is 5.98. The molecule has 5 heteroatoms. The summed E-state index contributed by atoms with van der Waals surface area (Å²) in [5.41, 5.74) is 0. The van der Waals surface area contributed by atoms with Gasteiger partial charge in [0.1, 0.15) is 0 Å². The number of hydrogen-bond acceptors (Lipinski definition) is 3. The standard InChI is InChI=1S/C13H17ClO3S/c1-9-7-10(8-12(9)17-2)18(15,16)13-6-4-3-5-11(13)14/h3-6,9-10,12H,7-8H2,1-2H3/t9-,10+,12-/m1/s1. The molecule has 0 heterocycles. The Morgan fingerprint density at radius 2 is 1.94 bits per heavy atom. The fourth-order valence-electron chi connectivity index (χ4n) is 2.59. The van der Waals surface area contributed by atoms with Crippen LogP contribution in [0.3, 0.4) is 0 Å². The lowest BCUT2D eigenvalue weighted by molar-refractivity contribution is 0.0775. The van der Waals surface area contributed by atoms with Crippen LogP contribution in [0, 0.1) is 5.92 Å². The van der Waals surface area contributed by atoms with Crippen LogP contribution < -0.4 is 0 Å². The molecule has 100 valence electrons. The number of benzene rings is 1. The Balaban J connectivity index is 2.31. The maximum atomic E-state index is 12.5. The zero-order chi connectivity index (χ0) is 13.3. The van der Waals surface area contributed by atoms with E-state index in [1.165, 1.54) is 0 Å². The van der Waals surface area contributed by atoms with E-state index in [1.54, 1.807) is 31.4 Å². The number of halogens is 1. The van der Waals surface area contributed by atoms with Crippen molar-refractivity contribution in [1.82, 2.24) is 0 Å². The zero-order valence-electron chi connectivity index (χ0n) is 10.5. The molecule has 0 saturated heterocycles. The van der Waals surface area contributed by atoms with E-state index < -0.39 is 15.1 Å². The second-order valence-corrected chi connectivity index (χ2v) is 7.42. The lowest BCUT2D eigenvalue weighted by Crippen LogP contribution is -2.20. The highest BCUT2D eigenvalue weighted by Gasteiger charge is 2.40. The lowest BCUT2D eigenvalue weighted by Gasteiger charge is -2.13. The van der Waals surface area contributed by atoms with Gasteiger partial charge in [0, 0.05) is 7.11 Å². The molecule has 1 aliphatic carbocycles. The third kappa shape index (κ3) is 2.42. The summed E-state index contributed by atoms with van der Waals surface area (Å²) >= 11 is 5.98. The minimum atomic E-state index is -3.36. The summed E-state index contributed by atoms with van der Waals surface area (Å²) in [4.78, 5) is 0.237. The monoisotopic (exact) mass is 288 g/mol. The molecule has 0 spiro atoms. The van der Waals surface area contributed by atoms with Crippen LogP contribution in [0.15, 0.2) is 29.2 Å². The fraction of sp³-hybridized carbons (Fsp3) is 0.538. The third-order valence-electron chi connectivity index (χ3n) is 3.65. The predicted octanol–water partition coefficient (Wildman–Crippen LogP) is 2.93. The van der Waals surface area contributed by atoms with Gasteiger partial charge in [0.2, 0.25) is 0 Å². The maximum Gasteiger partial charge on any atom is 0.182 e. The topological polar surface area (TPSA) is 43.4 Å². The van der Waals surface area contributed by atoms with Gasteiger partial charge < -0.3 is 4.74 Å². The summed E-state index contributed by atoms with van der Waals surface area (Å²) in [5.74, 6) is 0.261. The minimum Gasteiger partial charge on any atom is -0.381 e. The van der Waals surface area contributed by atoms with Crippen molar-refractivity contribution < 1.29 is 13.2 Å². The van der Waals surface area contributed by atoms with Crippen molar-refractivity contribution in [3.05, 3.63) is 29.3 Å². The smallest absolute Gasteiger partial charge is 0.182 e. The predicted molar refractivity (Wildman–Crippen MR) is 71.6 cm³/mol. The number of sulfone groups is 1. The largest absolute Gasteiger partial charge is 0.381 e. The number of methoxy groups -OCH3 is 1. The maximum absolute atomic E-state index is 12.5. The molecule has 1 aromatic carbocycles. The molecule has 1 aromatic rings. The van der Waals surface area contributed by atoms with Crippen molar-refractivity contribution in [2.45, 2.75) is 36.0 Å². The van der Waals surface area contributed by atoms with Gasteiger partial charge in [-0.25, -0.2) is 8.42 Å². The van der Waals surface area contributed by atoms with Gasteiger partial charge in [0.05, 0.1) is 21.3 Å². The van der Waals surface area contributed by atoms with Gasteiger partial charge in [-0.2, -0.15) is 0 Å². The highest BCUT2D eigenvalue weighted by Crippen LogP contribution is 2.36. The molecule has 3 atom stereocenters. The Morgan fingerprint density at radius 3 is 2.50 bits per heavy atom. The van der Waals surface area contributed by atoms with Crippen LogP contribution in [0.25, 0.3) is 0 Å². The van der Waals surface area contributed by atoms with Crippen LogP contribution in [-0.4, -0.2) is 26.9 Å². The Hall–Kier alpha value is -0.580. The van der Waals surface area contributed by atoms with Crippen molar-refractivity contribution in [3.63, 3.8) is 0 Å². The van der Waals surface area contributed by atoms with Crippen LogP contribution in [0.5, 0.6) is 0 Å². The molecule has 1 aliphatic rings. The van der Waals surface area contributed by atoms with Gasteiger partial charge in [0.15, 0.2) is 9.84 Å². The third-order valence-corrected chi connectivity index (χ3v) is 6.32. The van der Waals surface area contributed by atoms with Gasteiger partial charge in [-0.15, -0.1) is 0 Å². The Labute approximate surface area is 113 Å². The van der Waals surface area contributed by atoms with E-state index in [0.29, 0.717) is 17.9 Å². The molecule has 2 rings (SSSR count). The average Bonchev–Trinajstić information content (AvgIpc) is 2.71. The summed E-state index contributed by atoms with van der Waals surface area (Å²) in [6, 6.07) is 6.62. The van der Waals surface area contributed by atoms with Crippen molar-refractivity contribution in [2.75, 3.05) is 7.11 Å². The molecule has 3 nitrogen and oxygen atoms in total. The molecule has 0 bridgehead atoms. The van der Waals surface area contributed by atoms with Crippen molar-refractivity contribution in [3.8, 4) is 0 Å². The number of ether oxygens (including phenoxy) is 1. The molecular formula is C13H17ClO3S. The van der Waals surface area contributed by atoms with Crippen LogP contribution >= 0.6 is 11.6 Å². The normalized spacial score (nSPS) is 28.5. The van der Waals surface area contributed by atoms with Gasteiger partial charge >= 0.3 is 0 Å². The van der Waals surface area contributed by atoms with Crippen molar-refractivity contribution in [2.24, 2.45) is 5.92 Å². The van der Waals surface area contributed by atoms with Crippen molar-refractivity contribution >= 4 is 21.4 Å². The molecule has 0 aliphatic heterocycles. The number of hydrogen-bond donors (Lipinski definition) is 0. The average molecular weight is 289 g/mol. The summed E-state index contributed by atoms with van der Waals surface area (Å²) in [6.07, 6.45) is 1.20. The zero-order valence-corrected chi connectivity index (χ0v) is 12.0. The first-order chi connectivity index (χ1) is 8.46. The molecule has 0 amide bonds. The van der Waals surface area contributed by atoms with E-state index in [0.717, 1.165) is 0 Å². The van der Waals surface area contributed by atoms with E-state index in [4.69, 9.17) is 16.3 Å². The fourth-order valence-corrected chi connectivity index (χ4v) is 5.02. The second kappa shape index (κ2) is 5.19. The van der Waals surface area contributed by atoms with Crippen molar-refractivity contribution in [1.29, 1.82) is 0 Å². The van der Waals surface area contributed by atoms with Gasteiger partial charge in [0.25, 0.3) is 0 Å². The van der Waals surface area contributed by atoms with Gasteiger partial charge in [-0.1, -0.05) is 30.7 Å². The number of rotatable bonds is 3. The molecule has 1 fully saturated rings. The summed E-state index contributed by atoms with van der Waals surface area (Å²) in [5, 5.41) is -0.0941. The van der Waals surface area contributed by atoms with E-state index in [2.05, 4.69) is 0 Å². The molecular weight excluding hydrogens is 272 g/mol. The van der Waals surface area contributed by atoms with Gasteiger partial charge in [-0.3, -0.25) is 0 Å². The van der Waals surface area contributed by atoms with Crippen LogP contribution in [-0.2, 0) is 14.6 Å².